The van der Waals surface area contributed by atoms with E-state index >= 15 is 0 Å². The third-order valence-electron chi connectivity index (χ3n) is 5.35. The van der Waals surface area contributed by atoms with Crippen LogP contribution in [0.5, 0.6) is 5.75 Å². The van der Waals surface area contributed by atoms with Gasteiger partial charge in [-0.3, -0.25) is 18.3 Å². The van der Waals surface area contributed by atoms with E-state index in [-0.39, 0.29) is 36.4 Å². The van der Waals surface area contributed by atoms with Crippen molar-refractivity contribution in [1.29, 1.82) is 0 Å². The van der Waals surface area contributed by atoms with Crippen LogP contribution in [0.1, 0.15) is 23.7 Å². The molecule has 1 aromatic carbocycles. The Balaban J connectivity index is 1.67. The largest absolute Gasteiger partial charge is 0.497 e. The highest BCUT2D eigenvalue weighted by molar-refractivity contribution is 7.86. The molecular formula is C22H21FN4O7S. The number of esters is 1. The predicted octanol–water partition coefficient (Wildman–Crippen LogP) is 1.74. The first kappa shape index (κ1) is 24.1. The molecule has 35 heavy (non-hydrogen) atoms. The molecule has 4 aromatic rings. The lowest BCUT2D eigenvalue weighted by Crippen LogP contribution is -2.41. The van der Waals surface area contributed by atoms with Gasteiger partial charge in [-0.25, -0.2) is 14.6 Å². The average molecular weight is 504 g/mol. The minimum atomic E-state index is -4.89. The summed E-state index contributed by atoms with van der Waals surface area (Å²) in [5.41, 5.74) is -0.336. The number of benzene rings is 1. The van der Waals surface area contributed by atoms with E-state index in [1.807, 2.05) is 6.92 Å². The molecule has 0 radical (unpaired) electrons. The van der Waals surface area contributed by atoms with Gasteiger partial charge in [0.1, 0.15) is 18.0 Å². The molecule has 0 saturated carbocycles. The van der Waals surface area contributed by atoms with Gasteiger partial charge in [0.05, 0.1) is 24.1 Å². The minimum absolute atomic E-state index is 0.00525. The number of fused-ring (bicyclic) bond motifs is 3. The molecule has 0 unspecified atom stereocenters. The average Bonchev–Trinajstić information content (AvgIpc) is 3.21. The van der Waals surface area contributed by atoms with Crippen molar-refractivity contribution in [2.45, 2.75) is 31.3 Å². The second kappa shape index (κ2) is 9.33. The summed E-state index contributed by atoms with van der Waals surface area (Å²) in [5, 5.41) is 0. The third kappa shape index (κ3) is 4.54. The Bertz CT molecular complexity index is 1650. The maximum Gasteiger partial charge on any atom is 0.338 e. The molecule has 11 nitrogen and oxygen atoms in total. The fraction of sp³-hybridized carbons (Fsp3) is 0.273. The lowest BCUT2D eigenvalue weighted by atomic mass is 10.2. The second-order valence-electron chi connectivity index (χ2n) is 7.57. The third-order valence-corrected chi connectivity index (χ3v) is 6.18. The van der Waals surface area contributed by atoms with Gasteiger partial charge in [0.2, 0.25) is 0 Å². The Morgan fingerprint density at radius 2 is 1.80 bits per heavy atom. The highest BCUT2D eigenvalue weighted by Gasteiger charge is 2.19. The molecule has 4 rings (SSSR count). The number of carbonyl (C=O) groups excluding carboxylic acids is 1. The van der Waals surface area contributed by atoms with Gasteiger partial charge in [-0.05, 0) is 36.8 Å². The fourth-order valence-corrected chi connectivity index (χ4v) is 4.13. The number of nitrogens with zero attached hydrogens (tertiary/aromatic N) is 4. The molecular weight excluding hydrogens is 483 g/mol. The Morgan fingerprint density at radius 1 is 1.09 bits per heavy atom. The van der Waals surface area contributed by atoms with Crippen LogP contribution in [0.15, 0.2) is 57.1 Å². The first-order chi connectivity index (χ1) is 16.7. The SMILES string of the molecule is CCCn1c(=O)c2c(nc3cc(OC)ccn32)n(CCOC(=O)c2ccc(S(=O)(=O)F)cc2)c1=O. The number of aromatic nitrogens is 4. The highest BCUT2D eigenvalue weighted by Crippen LogP contribution is 2.18. The van der Waals surface area contributed by atoms with Crippen LogP contribution in [0.3, 0.4) is 0 Å². The molecule has 13 heteroatoms. The van der Waals surface area contributed by atoms with E-state index in [1.165, 1.54) is 11.7 Å². The number of halogens is 1. The summed E-state index contributed by atoms with van der Waals surface area (Å²) in [5.74, 6) is -0.269. The summed E-state index contributed by atoms with van der Waals surface area (Å²) >= 11 is 0. The van der Waals surface area contributed by atoms with E-state index in [9.17, 15) is 26.7 Å². The van der Waals surface area contributed by atoms with Crippen LogP contribution >= 0.6 is 0 Å². The van der Waals surface area contributed by atoms with Crippen LogP contribution in [0.2, 0.25) is 0 Å². The van der Waals surface area contributed by atoms with Crippen LogP contribution in [0, 0.1) is 0 Å². The van der Waals surface area contributed by atoms with Crippen molar-refractivity contribution in [2.75, 3.05) is 13.7 Å². The summed E-state index contributed by atoms with van der Waals surface area (Å²) in [7, 11) is -3.39. The summed E-state index contributed by atoms with van der Waals surface area (Å²) in [6, 6.07) is 7.43. The van der Waals surface area contributed by atoms with Crippen LogP contribution < -0.4 is 16.0 Å². The Morgan fingerprint density at radius 3 is 2.43 bits per heavy atom. The molecule has 0 spiro atoms. The molecule has 0 aliphatic heterocycles. The lowest BCUT2D eigenvalue weighted by molar-refractivity contribution is 0.0490. The van der Waals surface area contributed by atoms with E-state index in [0.29, 0.717) is 17.8 Å². The standard InChI is InChI=1S/C22H21FN4O7S/c1-3-9-27-20(28)18-19(24-17-13-15(33-2)8-10-25(17)18)26(22(27)30)11-12-34-21(29)14-4-6-16(7-5-14)35(23,31)32/h4-8,10,13H,3,9,11-12H2,1-2H3. The van der Waals surface area contributed by atoms with Gasteiger partial charge in [0, 0.05) is 18.8 Å². The molecule has 0 atom stereocenters. The molecule has 3 heterocycles. The molecule has 3 aromatic heterocycles. The number of ether oxygens (including phenoxy) is 2. The first-order valence-electron chi connectivity index (χ1n) is 10.6. The van der Waals surface area contributed by atoms with E-state index in [2.05, 4.69) is 4.98 Å². The highest BCUT2D eigenvalue weighted by atomic mass is 32.3. The summed E-state index contributed by atoms with van der Waals surface area (Å²) in [6.45, 7) is 1.70. The number of hydrogen-bond acceptors (Lipinski definition) is 8. The second-order valence-corrected chi connectivity index (χ2v) is 8.92. The number of imidazole rings is 1. The predicted molar refractivity (Wildman–Crippen MR) is 123 cm³/mol. The Hall–Kier alpha value is -4.00. The van der Waals surface area contributed by atoms with E-state index in [1.54, 1.807) is 22.7 Å². The normalized spacial score (nSPS) is 11.7. The van der Waals surface area contributed by atoms with Gasteiger partial charge in [0.25, 0.3) is 5.56 Å². The van der Waals surface area contributed by atoms with Crippen molar-refractivity contribution in [3.05, 3.63) is 69.0 Å². The minimum Gasteiger partial charge on any atom is -0.497 e. The number of carbonyl (C=O) groups is 1. The van der Waals surface area contributed by atoms with E-state index in [4.69, 9.17) is 9.47 Å². The van der Waals surface area contributed by atoms with Crippen molar-refractivity contribution < 1.29 is 26.6 Å². The molecule has 0 fully saturated rings. The van der Waals surface area contributed by atoms with E-state index in [0.717, 1.165) is 28.8 Å². The van der Waals surface area contributed by atoms with Gasteiger partial charge in [-0.15, -0.1) is 3.89 Å². The zero-order valence-electron chi connectivity index (χ0n) is 18.8. The zero-order chi connectivity index (χ0) is 25.3. The number of pyridine rings is 1. The molecule has 0 bridgehead atoms. The van der Waals surface area contributed by atoms with Gasteiger partial charge in [-0.2, -0.15) is 8.42 Å². The molecule has 184 valence electrons. The fourth-order valence-electron chi connectivity index (χ4n) is 3.67. The molecule has 0 aliphatic rings. The Labute approximate surface area is 198 Å². The van der Waals surface area contributed by atoms with Crippen LogP contribution in [0.4, 0.5) is 3.89 Å². The molecule has 0 aliphatic carbocycles. The first-order valence-corrected chi connectivity index (χ1v) is 12.0. The van der Waals surface area contributed by atoms with Crippen molar-refractivity contribution >= 4 is 33.0 Å². The topological polar surface area (TPSA) is 131 Å². The van der Waals surface area contributed by atoms with Gasteiger partial charge in [-0.1, -0.05) is 6.92 Å². The van der Waals surface area contributed by atoms with Crippen LogP contribution in [0.25, 0.3) is 16.8 Å². The van der Waals surface area contributed by atoms with Crippen LogP contribution in [-0.2, 0) is 28.0 Å². The van der Waals surface area contributed by atoms with Crippen LogP contribution in [-0.4, -0.2) is 46.6 Å². The van der Waals surface area contributed by atoms with Crippen molar-refractivity contribution in [3.8, 4) is 5.75 Å². The van der Waals surface area contributed by atoms with Crippen molar-refractivity contribution in [2.24, 2.45) is 0 Å². The molecule has 0 saturated heterocycles. The Kier molecular flexibility index (Phi) is 6.43. The number of hydrogen-bond donors (Lipinski definition) is 0. The smallest absolute Gasteiger partial charge is 0.338 e. The zero-order valence-corrected chi connectivity index (χ0v) is 19.6. The van der Waals surface area contributed by atoms with E-state index < -0.39 is 32.3 Å². The van der Waals surface area contributed by atoms with Crippen molar-refractivity contribution in [1.82, 2.24) is 18.5 Å². The maximum absolute atomic E-state index is 13.1. The molecule has 0 N–H and O–H groups in total. The number of methoxy groups -OCH3 is 1. The summed E-state index contributed by atoms with van der Waals surface area (Å²) < 4.78 is 49.2. The summed E-state index contributed by atoms with van der Waals surface area (Å²) in [4.78, 5) is 42.4. The maximum atomic E-state index is 13.1. The summed E-state index contributed by atoms with van der Waals surface area (Å²) in [6.07, 6.45) is 2.17. The van der Waals surface area contributed by atoms with Crippen molar-refractivity contribution in [3.63, 3.8) is 0 Å². The number of rotatable bonds is 8. The monoisotopic (exact) mass is 504 g/mol. The molecule has 0 amide bonds. The quantitative estimate of drug-likeness (QED) is 0.262. The van der Waals surface area contributed by atoms with Gasteiger partial charge in [0.15, 0.2) is 11.2 Å². The van der Waals surface area contributed by atoms with Gasteiger partial charge < -0.3 is 9.47 Å². The van der Waals surface area contributed by atoms with Gasteiger partial charge >= 0.3 is 21.9 Å². The lowest BCUT2D eigenvalue weighted by Gasteiger charge is -2.11.